The molecule has 0 aliphatic heterocycles. The number of nitrogens with zero attached hydrogens (tertiary/aromatic N) is 1. The van der Waals surface area contributed by atoms with Crippen molar-refractivity contribution in [3.63, 3.8) is 0 Å². The van der Waals surface area contributed by atoms with Gasteiger partial charge in [0.15, 0.2) is 0 Å². The maximum Gasteiger partial charge on any atom is 0.0299 e. The highest BCUT2D eigenvalue weighted by Crippen LogP contribution is 2.44. The first kappa shape index (κ1) is 18.7. The highest BCUT2D eigenvalue weighted by Gasteiger charge is 2.38. The van der Waals surface area contributed by atoms with E-state index in [9.17, 15) is 4.21 Å². The number of hydrogen-bond donors (Lipinski definition) is 0. The lowest BCUT2D eigenvalue weighted by Gasteiger charge is -2.43. The third-order valence-electron chi connectivity index (χ3n) is 3.34. The second-order valence-corrected chi connectivity index (χ2v) is 12.4. The smallest absolute Gasteiger partial charge is 0.0299 e. The van der Waals surface area contributed by atoms with Crippen LogP contribution in [0.2, 0.25) is 0 Å². The summed E-state index contributed by atoms with van der Waals surface area (Å²) < 4.78 is 16.6. The van der Waals surface area contributed by atoms with Gasteiger partial charge in [-0.1, -0.05) is 75.8 Å². The third-order valence-corrected chi connectivity index (χ3v) is 6.51. The van der Waals surface area contributed by atoms with E-state index >= 15 is 0 Å². The molecular formula is C14H29INOS-. The van der Waals surface area contributed by atoms with Crippen molar-refractivity contribution < 1.29 is 4.21 Å². The second-order valence-electron chi connectivity index (χ2n) is 7.80. The van der Waals surface area contributed by atoms with Crippen molar-refractivity contribution in [2.24, 2.45) is 9.78 Å². The van der Waals surface area contributed by atoms with Crippen LogP contribution in [0.1, 0.15) is 68.7 Å². The van der Waals surface area contributed by atoms with Crippen LogP contribution in [0.4, 0.5) is 0 Å². The lowest BCUT2D eigenvalue weighted by Crippen LogP contribution is -2.39. The minimum absolute atomic E-state index is 0.142. The van der Waals surface area contributed by atoms with E-state index in [4.69, 9.17) is 0 Å². The Hall–Kier alpha value is 0.680. The molecule has 0 fully saturated rings. The molecule has 0 atom stereocenters. The Kier molecular flexibility index (Phi) is 5.79. The van der Waals surface area contributed by atoms with Crippen LogP contribution < -0.4 is 0 Å². The number of halogens is 1. The summed E-state index contributed by atoms with van der Waals surface area (Å²) in [6.45, 7) is 19.1. The highest BCUT2D eigenvalue weighted by molar-refractivity contribution is 14.1. The summed E-state index contributed by atoms with van der Waals surface area (Å²) in [5.41, 5.74) is -0.118. The Morgan fingerprint density at radius 2 is 1.33 bits per heavy atom. The normalized spacial score (nSPS) is 17.0. The van der Waals surface area contributed by atoms with Crippen LogP contribution in [0.3, 0.4) is 0 Å². The lowest BCUT2D eigenvalue weighted by atomic mass is 9.73. The fourth-order valence-electron chi connectivity index (χ4n) is 1.69. The van der Waals surface area contributed by atoms with Gasteiger partial charge in [-0.05, 0) is 25.7 Å². The quantitative estimate of drug-likeness (QED) is 0.364. The van der Waals surface area contributed by atoms with Gasteiger partial charge in [0, 0.05) is 8.96 Å². The minimum Gasteiger partial charge on any atom is -0.444 e. The maximum atomic E-state index is 12.2. The van der Waals surface area contributed by atoms with Crippen LogP contribution in [0.25, 0.3) is 0 Å². The van der Waals surface area contributed by atoms with E-state index < -0.39 is 10.6 Å². The highest BCUT2D eigenvalue weighted by atomic mass is 127. The zero-order chi connectivity index (χ0) is 15.0. The van der Waals surface area contributed by atoms with Gasteiger partial charge >= 0.3 is 0 Å². The Labute approximate surface area is 129 Å². The standard InChI is InChI=1S/C14H29INOS/c1-11(2,3)18(17)16-13(6,7)10-12(4,5)14(8,9)15/h10H2,1-9H3/q-1. The van der Waals surface area contributed by atoms with E-state index in [0.717, 1.165) is 6.42 Å². The van der Waals surface area contributed by atoms with Gasteiger partial charge in [0.2, 0.25) is 0 Å². The average Bonchev–Trinajstić information content (AvgIpc) is 1.95. The summed E-state index contributed by atoms with van der Waals surface area (Å²) in [7, 11) is -1.15. The zero-order valence-electron chi connectivity index (χ0n) is 13.3. The molecule has 18 heavy (non-hydrogen) atoms. The Balaban J connectivity index is 5.17. The van der Waals surface area contributed by atoms with E-state index in [0.29, 0.717) is 0 Å². The molecule has 0 N–H and O–H groups in total. The Morgan fingerprint density at radius 3 is 1.61 bits per heavy atom. The Morgan fingerprint density at radius 1 is 0.944 bits per heavy atom. The molecule has 0 aromatic carbocycles. The van der Waals surface area contributed by atoms with Gasteiger partial charge in [-0.25, -0.2) is 0 Å². The molecule has 0 rings (SSSR count). The SMILES string of the molecule is CC(C)(CC(C)(C)C(C)(C)I)N=[S-](=O)C(C)(C)C. The van der Waals surface area contributed by atoms with Crippen molar-refractivity contribution in [2.45, 2.75) is 82.4 Å². The largest absolute Gasteiger partial charge is 0.444 e. The maximum absolute atomic E-state index is 12.2. The molecule has 0 radical (unpaired) electrons. The third kappa shape index (κ3) is 5.76. The summed E-state index contributed by atoms with van der Waals surface area (Å²) in [4.78, 5) is 0. The first-order chi connectivity index (χ1) is 7.58. The molecule has 0 aliphatic rings. The first-order valence-corrected chi connectivity index (χ1v) is 8.61. The number of rotatable bonds is 4. The van der Waals surface area contributed by atoms with Crippen LogP contribution in [0.15, 0.2) is 4.36 Å². The molecule has 0 aliphatic carbocycles. The Bertz CT molecular complexity index is 366. The molecule has 110 valence electrons. The van der Waals surface area contributed by atoms with Gasteiger partial charge < -0.3 is 8.57 Å². The minimum atomic E-state index is -1.15. The van der Waals surface area contributed by atoms with Gasteiger partial charge in [0.05, 0.1) is 0 Å². The summed E-state index contributed by atoms with van der Waals surface area (Å²) in [5.74, 6) is 0. The van der Waals surface area contributed by atoms with E-state index in [2.05, 4.69) is 68.5 Å². The summed E-state index contributed by atoms with van der Waals surface area (Å²) in [5, 5.41) is 0. The van der Waals surface area contributed by atoms with E-state index in [1.165, 1.54) is 0 Å². The molecule has 2 nitrogen and oxygen atoms in total. The predicted molar refractivity (Wildman–Crippen MR) is 90.8 cm³/mol. The molecule has 0 unspecified atom stereocenters. The predicted octanol–water partition coefficient (Wildman–Crippen LogP) is 5.34. The second kappa shape index (κ2) is 5.58. The van der Waals surface area contributed by atoms with Crippen LogP contribution in [-0.2, 0) is 14.8 Å². The van der Waals surface area contributed by atoms with E-state index in [1.54, 1.807) is 0 Å². The van der Waals surface area contributed by atoms with Crippen molar-refractivity contribution in [1.29, 1.82) is 0 Å². The van der Waals surface area contributed by atoms with Crippen molar-refractivity contribution in [3.8, 4) is 0 Å². The van der Waals surface area contributed by atoms with Gasteiger partial charge in [0.25, 0.3) is 0 Å². The fraction of sp³-hybridized carbons (Fsp3) is 1.00. The number of hydrogen-bond acceptors (Lipinski definition) is 3. The molecule has 0 aromatic heterocycles. The van der Waals surface area contributed by atoms with Crippen molar-refractivity contribution in [1.82, 2.24) is 0 Å². The monoisotopic (exact) mass is 386 g/mol. The van der Waals surface area contributed by atoms with Crippen LogP contribution in [-0.4, -0.2) is 13.7 Å². The molecule has 0 saturated carbocycles. The lowest BCUT2D eigenvalue weighted by molar-refractivity contribution is 0.220. The van der Waals surface area contributed by atoms with Crippen molar-refractivity contribution in [2.75, 3.05) is 0 Å². The molecule has 4 heteroatoms. The molecule has 0 saturated heterocycles. The van der Waals surface area contributed by atoms with E-state index in [1.807, 2.05) is 20.8 Å². The van der Waals surface area contributed by atoms with Crippen LogP contribution in [0, 0.1) is 5.41 Å². The molecule has 0 aromatic rings. The van der Waals surface area contributed by atoms with Gasteiger partial charge in [-0.15, -0.1) is 0 Å². The average molecular weight is 386 g/mol. The van der Waals surface area contributed by atoms with Crippen molar-refractivity contribution >= 4 is 33.2 Å². The summed E-state index contributed by atoms with van der Waals surface area (Å²) >= 11 is 2.49. The summed E-state index contributed by atoms with van der Waals surface area (Å²) in [6.07, 6.45) is 0.928. The topological polar surface area (TPSA) is 29.4 Å². The summed E-state index contributed by atoms with van der Waals surface area (Å²) in [6, 6.07) is 0. The van der Waals surface area contributed by atoms with Crippen LogP contribution >= 0.6 is 22.6 Å². The molecule has 0 amide bonds. The fourth-order valence-corrected chi connectivity index (χ4v) is 2.66. The van der Waals surface area contributed by atoms with Gasteiger partial charge in [-0.3, -0.25) is 0 Å². The first-order valence-electron chi connectivity index (χ1n) is 6.42. The molecule has 0 heterocycles. The van der Waals surface area contributed by atoms with E-state index in [-0.39, 0.29) is 19.1 Å². The molecule has 0 bridgehead atoms. The van der Waals surface area contributed by atoms with Crippen LogP contribution in [0.5, 0.6) is 0 Å². The molecular weight excluding hydrogens is 357 g/mol. The zero-order valence-corrected chi connectivity index (χ0v) is 16.3. The van der Waals surface area contributed by atoms with Gasteiger partial charge in [0.1, 0.15) is 0 Å². The van der Waals surface area contributed by atoms with Gasteiger partial charge in [-0.2, -0.15) is 10.6 Å². The number of alkyl halides is 1. The van der Waals surface area contributed by atoms with Crippen molar-refractivity contribution in [3.05, 3.63) is 0 Å². The molecule has 0 spiro atoms.